The predicted molar refractivity (Wildman–Crippen MR) is 130 cm³/mol. The fourth-order valence-corrected chi connectivity index (χ4v) is 4.05. The van der Waals surface area contributed by atoms with Crippen molar-refractivity contribution in [3.05, 3.63) is 82.9 Å². The number of amides is 1. The minimum Gasteiger partial charge on any atom is -0.382 e. The summed E-state index contributed by atoms with van der Waals surface area (Å²) in [4.78, 5) is 26.5. The summed E-state index contributed by atoms with van der Waals surface area (Å²) in [7, 11) is -3.80. The SMILES string of the molecule is CCS(=O)(=O)Oc1cc(Cl)cc(C(=O)N[C@@H](C)c2nc3ccccc3nc2-c2ccc(F)cn2)c1. The smallest absolute Gasteiger partial charge is 0.308 e. The summed E-state index contributed by atoms with van der Waals surface area (Å²) >= 11 is 6.09. The van der Waals surface area contributed by atoms with Crippen molar-refractivity contribution < 1.29 is 21.8 Å². The Bertz CT molecular complexity index is 1510. The molecule has 4 aromatic rings. The van der Waals surface area contributed by atoms with E-state index in [-0.39, 0.29) is 22.1 Å². The van der Waals surface area contributed by atoms with E-state index in [0.717, 1.165) is 6.20 Å². The second-order valence-electron chi connectivity index (χ2n) is 7.61. The number of aromatic nitrogens is 3. The molecule has 2 heterocycles. The molecule has 1 amide bonds. The van der Waals surface area contributed by atoms with Crippen LogP contribution >= 0.6 is 11.6 Å². The van der Waals surface area contributed by atoms with Crippen LogP contribution in [0.4, 0.5) is 4.39 Å². The first kappa shape index (κ1) is 24.5. The van der Waals surface area contributed by atoms with Crippen LogP contribution in [0.5, 0.6) is 5.75 Å². The molecule has 2 aromatic carbocycles. The zero-order chi connectivity index (χ0) is 25.2. The van der Waals surface area contributed by atoms with Crippen LogP contribution in [0.3, 0.4) is 0 Å². The molecule has 1 atom stereocenters. The molecule has 0 fully saturated rings. The summed E-state index contributed by atoms with van der Waals surface area (Å²) < 4.78 is 42.1. The molecule has 35 heavy (non-hydrogen) atoms. The lowest BCUT2D eigenvalue weighted by Crippen LogP contribution is -2.28. The lowest BCUT2D eigenvalue weighted by atomic mass is 10.1. The molecule has 0 unspecified atom stereocenters. The van der Waals surface area contributed by atoms with E-state index >= 15 is 0 Å². The molecule has 180 valence electrons. The van der Waals surface area contributed by atoms with Crippen LogP contribution in [0.1, 0.15) is 35.9 Å². The minimum absolute atomic E-state index is 0.0705. The first-order valence-electron chi connectivity index (χ1n) is 10.6. The molecule has 11 heteroatoms. The summed E-state index contributed by atoms with van der Waals surface area (Å²) in [5.74, 6) is -1.33. The number of pyridine rings is 1. The Morgan fingerprint density at radius 3 is 2.49 bits per heavy atom. The van der Waals surface area contributed by atoms with Gasteiger partial charge in [0.25, 0.3) is 5.91 Å². The molecule has 0 saturated heterocycles. The summed E-state index contributed by atoms with van der Waals surface area (Å²) in [6.45, 7) is 3.15. The van der Waals surface area contributed by atoms with Gasteiger partial charge in [-0.2, -0.15) is 8.42 Å². The van der Waals surface area contributed by atoms with Crippen LogP contribution in [0.15, 0.2) is 60.8 Å². The molecule has 0 aliphatic heterocycles. The van der Waals surface area contributed by atoms with Gasteiger partial charge in [-0.1, -0.05) is 23.7 Å². The third kappa shape index (κ3) is 5.72. The second kappa shape index (κ2) is 9.93. The Morgan fingerprint density at radius 2 is 1.83 bits per heavy atom. The fourth-order valence-electron chi connectivity index (χ4n) is 3.32. The van der Waals surface area contributed by atoms with Gasteiger partial charge in [-0.25, -0.2) is 14.4 Å². The normalized spacial score (nSPS) is 12.3. The maximum atomic E-state index is 13.5. The van der Waals surface area contributed by atoms with Gasteiger partial charge in [0.05, 0.1) is 40.4 Å². The van der Waals surface area contributed by atoms with Crippen LogP contribution in [-0.2, 0) is 10.1 Å². The van der Waals surface area contributed by atoms with E-state index in [1.165, 1.54) is 37.3 Å². The number of carbonyl (C=O) groups excluding carboxylic acids is 1. The van der Waals surface area contributed by atoms with Crippen molar-refractivity contribution in [1.82, 2.24) is 20.3 Å². The number of hydrogen-bond acceptors (Lipinski definition) is 7. The second-order valence-corrected chi connectivity index (χ2v) is 9.90. The van der Waals surface area contributed by atoms with E-state index in [2.05, 4.69) is 20.3 Å². The highest BCUT2D eigenvalue weighted by Crippen LogP contribution is 2.28. The predicted octanol–water partition coefficient (Wildman–Crippen LogP) is 4.70. The van der Waals surface area contributed by atoms with Gasteiger partial charge in [-0.3, -0.25) is 9.78 Å². The van der Waals surface area contributed by atoms with Crippen LogP contribution in [0, 0.1) is 5.82 Å². The van der Waals surface area contributed by atoms with Crippen LogP contribution in [0.2, 0.25) is 5.02 Å². The zero-order valence-corrected chi connectivity index (χ0v) is 20.3. The molecule has 0 saturated carbocycles. The van der Waals surface area contributed by atoms with E-state index in [1.807, 2.05) is 12.1 Å². The molecular weight excluding hydrogens is 495 g/mol. The van der Waals surface area contributed by atoms with Gasteiger partial charge in [-0.05, 0) is 50.2 Å². The first-order valence-corrected chi connectivity index (χ1v) is 12.5. The number of para-hydroxylation sites is 2. The third-order valence-corrected chi connectivity index (χ3v) is 6.41. The van der Waals surface area contributed by atoms with Gasteiger partial charge < -0.3 is 9.50 Å². The number of benzene rings is 2. The molecule has 0 aliphatic carbocycles. The minimum atomic E-state index is -3.80. The zero-order valence-electron chi connectivity index (χ0n) is 18.7. The van der Waals surface area contributed by atoms with Crippen molar-refractivity contribution in [2.45, 2.75) is 19.9 Å². The Balaban J connectivity index is 1.69. The number of nitrogens with zero attached hydrogens (tertiary/aromatic N) is 3. The molecule has 0 spiro atoms. The summed E-state index contributed by atoms with van der Waals surface area (Å²) in [5, 5.41) is 2.96. The lowest BCUT2D eigenvalue weighted by Gasteiger charge is -2.18. The van der Waals surface area contributed by atoms with Crippen LogP contribution < -0.4 is 9.50 Å². The van der Waals surface area contributed by atoms with E-state index in [9.17, 15) is 17.6 Å². The van der Waals surface area contributed by atoms with Crippen molar-refractivity contribution in [2.75, 3.05) is 5.75 Å². The lowest BCUT2D eigenvalue weighted by molar-refractivity contribution is 0.0939. The molecule has 8 nitrogen and oxygen atoms in total. The van der Waals surface area contributed by atoms with Crippen molar-refractivity contribution >= 4 is 38.7 Å². The van der Waals surface area contributed by atoms with E-state index < -0.39 is 27.9 Å². The summed E-state index contributed by atoms with van der Waals surface area (Å²) in [6.07, 6.45) is 1.08. The van der Waals surface area contributed by atoms with Crippen LogP contribution in [-0.4, -0.2) is 35.0 Å². The number of halogens is 2. The van der Waals surface area contributed by atoms with Crippen molar-refractivity contribution in [2.24, 2.45) is 0 Å². The maximum Gasteiger partial charge on any atom is 0.308 e. The quantitative estimate of drug-likeness (QED) is 0.356. The van der Waals surface area contributed by atoms with Gasteiger partial charge in [-0.15, -0.1) is 0 Å². The monoisotopic (exact) mass is 514 g/mol. The molecule has 0 radical (unpaired) electrons. The largest absolute Gasteiger partial charge is 0.382 e. The van der Waals surface area contributed by atoms with E-state index in [0.29, 0.717) is 28.1 Å². The summed E-state index contributed by atoms with van der Waals surface area (Å²) in [6, 6.07) is 13.3. The Kier molecular flexibility index (Phi) is 6.95. The molecule has 0 aliphatic rings. The Morgan fingerprint density at radius 1 is 1.11 bits per heavy atom. The standard InChI is InChI=1S/C24H20ClFN4O4S/c1-3-35(32,33)34-18-11-15(10-16(25)12-18)24(31)28-14(2)22-23(21-9-8-17(26)13-27-21)30-20-7-5-4-6-19(20)29-22/h4-14H,3H2,1-2H3,(H,28,31)/t14-/m0/s1. The molecule has 4 rings (SSSR count). The fraction of sp³-hybridized carbons (Fsp3) is 0.167. The third-order valence-electron chi connectivity index (χ3n) is 5.04. The molecule has 0 bridgehead atoms. The van der Waals surface area contributed by atoms with Crippen molar-refractivity contribution in [1.29, 1.82) is 0 Å². The first-order chi connectivity index (χ1) is 16.6. The Hall–Kier alpha value is -3.63. The highest BCUT2D eigenvalue weighted by Gasteiger charge is 2.21. The number of hydrogen-bond donors (Lipinski definition) is 1. The average Bonchev–Trinajstić information content (AvgIpc) is 2.83. The highest BCUT2D eigenvalue weighted by atomic mass is 35.5. The summed E-state index contributed by atoms with van der Waals surface area (Å²) in [5.41, 5.74) is 2.52. The van der Waals surface area contributed by atoms with Crippen LogP contribution in [0.25, 0.3) is 22.4 Å². The van der Waals surface area contributed by atoms with Gasteiger partial charge in [0.2, 0.25) is 0 Å². The molecular formula is C24H20ClFN4O4S. The maximum absolute atomic E-state index is 13.5. The van der Waals surface area contributed by atoms with E-state index in [1.54, 1.807) is 19.1 Å². The Labute approximate surface area is 206 Å². The van der Waals surface area contributed by atoms with Crippen molar-refractivity contribution in [3.63, 3.8) is 0 Å². The number of carbonyl (C=O) groups is 1. The molecule has 1 N–H and O–H groups in total. The topological polar surface area (TPSA) is 111 Å². The number of fused-ring (bicyclic) bond motifs is 1. The number of nitrogens with one attached hydrogen (secondary N) is 1. The highest BCUT2D eigenvalue weighted by molar-refractivity contribution is 7.87. The van der Waals surface area contributed by atoms with Gasteiger partial charge in [0.15, 0.2) is 0 Å². The van der Waals surface area contributed by atoms with Gasteiger partial charge >= 0.3 is 10.1 Å². The number of rotatable bonds is 7. The molecule has 2 aromatic heterocycles. The average molecular weight is 515 g/mol. The van der Waals surface area contributed by atoms with Crippen molar-refractivity contribution in [3.8, 4) is 17.1 Å². The van der Waals surface area contributed by atoms with E-state index in [4.69, 9.17) is 15.8 Å². The van der Waals surface area contributed by atoms with Gasteiger partial charge in [0, 0.05) is 16.7 Å². The van der Waals surface area contributed by atoms with Gasteiger partial charge in [0.1, 0.15) is 17.3 Å².